The molecule has 0 spiro atoms. The number of aryl methyl sites for hydroxylation is 1. The van der Waals surface area contributed by atoms with Gasteiger partial charge in [-0.15, -0.1) is 0 Å². The van der Waals surface area contributed by atoms with Crippen LogP contribution in [0, 0.1) is 13.8 Å². The first-order valence-electron chi connectivity index (χ1n) is 6.88. The maximum atomic E-state index is 2.31. The van der Waals surface area contributed by atoms with Gasteiger partial charge in [-0.3, -0.25) is 0 Å². The molecule has 0 aromatic heterocycles. The molecular formula is C18H22. The van der Waals surface area contributed by atoms with E-state index in [2.05, 4.69) is 63.2 Å². The molecule has 2 rings (SSSR count). The lowest BCUT2D eigenvalue weighted by molar-refractivity contribution is 0.790. The Kier molecular flexibility index (Phi) is 4.19. The minimum atomic E-state index is 1.21. The molecule has 94 valence electrons. The number of unbranched alkanes of at least 4 members (excludes halogenated alkanes) is 1. The maximum absolute atomic E-state index is 2.31. The number of hydrogen-bond acceptors (Lipinski definition) is 0. The lowest BCUT2D eigenvalue weighted by Gasteiger charge is -2.13. The molecule has 0 saturated carbocycles. The van der Waals surface area contributed by atoms with E-state index in [4.69, 9.17) is 0 Å². The van der Waals surface area contributed by atoms with Crippen molar-refractivity contribution in [2.24, 2.45) is 0 Å². The van der Waals surface area contributed by atoms with Crippen LogP contribution < -0.4 is 0 Å². The average molecular weight is 238 g/mol. The van der Waals surface area contributed by atoms with Crippen LogP contribution in [0.2, 0.25) is 0 Å². The van der Waals surface area contributed by atoms with Crippen molar-refractivity contribution in [3.63, 3.8) is 0 Å². The standard InChI is InChI=1S/C18H22/c1-4-5-9-16-12-13-18(15(3)14(16)2)17-10-7-6-8-11-17/h6-8,10-13H,4-5,9H2,1-3H3. The summed E-state index contributed by atoms with van der Waals surface area (Å²) in [5, 5.41) is 0. The molecule has 0 aliphatic rings. The molecule has 0 bridgehead atoms. The van der Waals surface area contributed by atoms with Crippen LogP contribution in [0.15, 0.2) is 42.5 Å². The van der Waals surface area contributed by atoms with E-state index in [9.17, 15) is 0 Å². The molecule has 2 aromatic carbocycles. The molecule has 0 aliphatic carbocycles. The Labute approximate surface area is 111 Å². The van der Waals surface area contributed by atoms with Crippen LogP contribution in [0.5, 0.6) is 0 Å². The summed E-state index contributed by atoms with van der Waals surface area (Å²) in [5.74, 6) is 0. The Balaban J connectivity index is 2.38. The predicted molar refractivity (Wildman–Crippen MR) is 80.0 cm³/mol. The van der Waals surface area contributed by atoms with Crippen LogP contribution >= 0.6 is 0 Å². The van der Waals surface area contributed by atoms with Gasteiger partial charge in [0.15, 0.2) is 0 Å². The monoisotopic (exact) mass is 238 g/mol. The van der Waals surface area contributed by atoms with E-state index in [0.717, 1.165) is 0 Å². The van der Waals surface area contributed by atoms with Crippen LogP contribution in [0.3, 0.4) is 0 Å². The second-order valence-electron chi connectivity index (χ2n) is 4.99. The molecule has 0 saturated heterocycles. The van der Waals surface area contributed by atoms with Gasteiger partial charge in [0, 0.05) is 0 Å². The van der Waals surface area contributed by atoms with Gasteiger partial charge in [-0.25, -0.2) is 0 Å². The summed E-state index contributed by atoms with van der Waals surface area (Å²) in [4.78, 5) is 0. The van der Waals surface area contributed by atoms with Crippen LogP contribution in [0.1, 0.15) is 36.5 Å². The van der Waals surface area contributed by atoms with Crippen molar-refractivity contribution >= 4 is 0 Å². The molecule has 0 nitrogen and oxygen atoms in total. The van der Waals surface area contributed by atoms with Gasteiger partial charge in [0.05, 0.1) is 0 Å². The first kappa shape index (κ1) is 12.9. The summed E-state index contributed by atoms with van der Waals surface area (Å²) >= 11 is 0. The molecule has 0 amide bonds. The lowest BCUT2D eigenvalue weighted by Crippen LogP contribution is -1.95. The highest BCUT2D eigenvalue weighted by Crippen LogP contribution is 2.28. The van der Waals surface area contributed by atoms with Crippen LogP contribution in [-0.2, 0) is 6.42 Å². The summed E-state index contributed by atoms with van der Waals surface area (Å²) in [6.07, 6.45) is 3.75. The lowest BCUT2D eigenvalue weighted by atomic mass is 9.92. The van der Waals surface area contributed by atoms with Crippen LogP contribution in [-0.4, -0.2) is 0 Å². The van der Waals surface area contributed by atoms with Crippen molar-refractivity contribution in [2.45, 2.75) is 40.0 Å². The summed E-state index contributed by atoms with van der Waals surface area (Å²) in [6, 6.07) is 15.2. The fourth-order valence-electron chi connectivity index (χ4n) is 2.45. The van der Waals surface area contributed by atoms with E-state index < -0.39 is 0 Å². The Morgan fingerprint density at radius 1 is 0.833 bits per heavy atom. The largest absolute Gasteiger partial charge is 0.0654 e. The second-order valence-corrected chi connectivity index (χ2v) is 4.99. The molecule has 0 radical (unpaired) electrons. The quantitative estimate of drug-likeness (QED) is 0.677. The second kappa shape index (κ2) is 5.86. The van der Waals surface area contributed by atoms with E-state index >= 15 is 0 Å². The van der Waals surface area contributed by atoms with Gasteiger partial charge in [0.1, 0.15) is 0 Å². The van der Waals surface area contributed by atoms with E-state index in [1.54, 1.807) is 0 Å². The third-order valence-corrected chi connectivity index (χ3v) is 3.78. The highest BCUT2D eigenvalue weighted by atomic mass is 14.1. The van der Waals surface area contributed by atoms with Gasteiger partial charge in [-0.1, -0.05) is 55.8 Å². The third-order valence-electron chi connectivity index (χ3n) is 3.78. The van der Waals surface area contributed by atoms with E-state index in [0.29, 0.717) is 0 Å². The van der Waals surface area contributed by atoms with E-state index in [1.165, 1.54) is 47.1 Å². The topological polar surface area (TPSA) is 0 Å². The molecule has 0 atom stereocenters. The van der Waals surface area contributed by atoms with Gasteiger partial charge < -0.3 is 0 Å². The highest BCUT2D eigenvalue weighted by Gasteiger charge is 2.07. The maximum Gasteiger partial charge on any atom is -0.0152 e. The molecule has 0 fully saturated rings. The molecule has 0 aliphatic heterocycles. The molecular weight excluding hydrogens is 216 g/mol. The van der Waals surface area contributed by atoms with Crippen molar-refractivity contribution in [1.82, 2.24) is 0 Å². The third kappa shape index (κ3) is 2.64. The molecule has 0 heteroatoms. The Hall–Kier alpha value is -1.56. The Morgan fingerprint density at radius 3 is 2.22 bits per heavy atom. The summed E-state index contributed by atoms with van der Waals surface area (Å²) < 4.78 is 0. The van der Waals surface area contributed by atoms with Crippen molar-refractivity contribution in [3.05, 3.63) is 59.2 Å². The molecule has 0 N–H and O–H groups in total. The molecule has 0 unspecified atom stereocenters. The van der Waals surface area contributed by atoms with E-state index in [-0.39, 0.29) is 0 Å². The summed E-state index contributed by atoms with van der Waals surface area (Å²) in [7, 11) is 0. The van der Waals surface area contributed by atoms with Crippen molar-refractivity contribution in [2.75, 3.05) is 0 Å². The first-order chi connectivity index (χ1) is 8.74. The Bertz CT molecular complexity index is 509. The van der Waals surface area contributed by atoms with Crippen LogP contribution in [0.4, 0.5) is 0 Å². The van der Waals surface area contributed by atoms with Gasteiger partial charge in [0.25, 0.3) is 0 Å². The van der Waals surface area contributed by atoms with Crippen molar-refractivity contribution in [3.8, 4) is 11.1 Å². The SMILES string of the molecule is CCCCc1ccc(-c2ccccc2)c(C)c1C. The zero-order chi connectivity index (χ0) is 13.0. The minimum absolute atomic E-state index is 1.21. The Morgan fingerprint density at radius 2 is 1.56 bits per heavy atom. The zero-order valence-electron chi connectivity index (χ0n) is 11.7. The fraction of sp³-hybridized carbons (Fsp3) is 0.333. The summed E-state index contributed by atoms with van der Waals surface area (Å²) in [5.41, 5.74) is 7.09. The summed E-state index contributed by atoms with van der Waals surface area (Å²) in [6.45, 7) is 6.75. The highest BCUT2D eigenvalue weighted by molar-refractivity contribution is 5.69. The zero-order valence-corrected chi connectivity index (χ0v) is 11.7. The predicted octanol–water partition coefficient (Wildman–Crippen LogP) is 5.31. The molecule has 18 heavy (non-hydrogen) atoms. The van der Waals surface area contributed by atoms with Gasteiger partial charge in [-0.05, 0) is 54.5 Å². The van der Waals surface area contributed by atoms with Gasteiger partial charge in [0.2, 0.25) is 0 Å². The normalized spacial score (nSPS) is 10.6. The minimum Gasteiger partial charge on any atom is -0.0654 e. The number of benzene rings is 2. The van der Waals surface area contributed by atoms with Crippen molar-refractivity contribution in [1.29, 1.82) is 0 Å². The van der Waals surface area contributed by atoms with Crippen LogP contribution in [0.25, 0.3) is 11.1 Å². The smallest absolute Gasteiger partial charge is 0.0152 e. The average Bonchev–Trinajstić information content (AvgIpc) is 2.41. The first-order valence-corrected chi connectivity index (χ1v) is 6.88. The van der Waals surface area contributed by atoms with Crippen molar-refractivity contribution < 1.29 is 0 Å². The van der Waals surface area contributed by atoms with Gasteiger partial charge in [-0.2, -0.15) is 0 Å². The molecule has 0 heterocycles. The fourth-order valence-corrected chi connectivity index (χ4v) is 2.45. The molecule has 2 aromatic rings. The van der Waals surface area contributed by atoms with Gasteiger partial charge >= 0.3 is 0 Å². The number of hydrogen-bond donors (Lipinski definition) is 0. The number of rotatable bonds is 4. The van der Waals surface area contributed by atoms with E-state index in [1.807, 2.05) is 0 Å².